The minimum Gasteiger partial charge on any atom is -0.481 e. The summed E-state index contributed by atoms with van der Waals surface area (Å²) in [7, 11) is 0. The highest BCUT2D eigenvalue weighted by Gasteiger charge is 2.43. The maximum atomic E-state index is 11.7. The smallest absolute Gasteiger partial charge is 0.336 e. The summed E-state index contributed by atoms with van der Waals surface area (Å²) in [4.78, 5) is 108. The van der Waals surface area contributed by atoms with Gasteiger partial charge in [0.2, 0.25) is 5.91 Å². The van der Waals surface area contributed by atoms with Crippen LogP contribution in [0.3, 0.4) is 0 Å². The van der Waals surface area contributed by atoms with Gasteiger partial charge in [-0.2, -0.15) is 0 Å². The summed E-state index contributed by atoms with van der Waals surface area (Å²) < 4.78 is 0. The molecule has 0 spiro atoms. The third kappa shape index (κ3) is 15.3. The van der Waals surface area contributed by atoms with E-state index in [0.29, 0.717) is 0 Å². The number of nitrogens with one attached hydrogen (secondary N) is 2. The summed E-state index contributed by atoms with van der Waals surface area (Å²) in [5, 5.41) is 91.2. The highest BCUT2D eigenvalue weighted by Crippen LogP contribution is 2.17. The Kier molecular flexibility index (Phi) is 15.4. The van der Waals surface area contributed by atoms with Crippen LogP contribution in [0.15, 0.2) is 0 Å². The molecule has 0 fully saturated rings. The Morgan fingerprint density at radius 3 is 1.10 bits per heavy atom. The highest BCUT2D eigenvalue weighted by atomic mass is 16.4. The maximum absolute atomic E-state index is 11.7. The molecule has 0 aromatic heterocycles. The van der Waals surface area contributed by atoms with Gasteiger partial charge in [-0.1, -0.05) is 0 Å². The number of aliphatic carboxylic acids is 8. The van der Waals surface area contributed by atoms with E-state index in [9.17, 15) is 58.2 Å². The lowest BCUT2D eigenvalue weighted by atomic mass is 9.94. The second-order valence-corrected chi connectivity index (χ2v) is 8.27. The highest BCUT2D eigenvalue weighted by molar-refractivity contribution is 5.95. The SMILES string of the molecule is O=C(O)CC(NC(=O)C(O)(CC(=O)O)CC(=O)O)C(=O)O.O=C(O)CC(NC(=O)CC(O)(CC(=O)O)C(=O)O)C(=O)O. The quantitative estimate of drug-likeness (QED) is 0.0690. The molecule has 3 unspecified atom stereocenters. The molecule has 0 saturated carbocycles. The van der Waals surface area contributed by atoms with Gasteiger partial charge in [0.15, 0.2) is 11.2 Å². The molecular formula is C20H26N2O20. The van der Waals surface area contributed by atoms with E-state index in [-0.39, 0.29) is 0 Å². The van der Waals surface area contributed by atoms with Crippen molar-refractivity contribution in [2.24, 2.45) is 0 Å². The Labute approximate surface area is 231 Å². The van der Waals surface area contributed by atoms with Gasteiger partial charge >= 0.3 is 47.8 Å². The lowest BCUT2D eigenvalue weighted by molar-refractivity contribution is -0.168. The summed E-state index contributed by atoms with van der Waals surface area (Å²) in [6.07, 6.45) is -7.09. The van der Waals surface area contributed by atoms with Crippen LogP contribution in [0, 0.1) is 0 Å². The summed E-state index contributed by atoms with van der Waals surface area (Å²) in [5.41, 5.74) is -5.83. The van der Waals surface area contributed by atoms with Gasteiger partial charge in [-0.25, -0.2) is 14.4 Å². The number of carbonyl (C=O) groups is 10. The zero-order valence-corrected chi connectivity index (χ0v) is 21.0. The van der Waals surface area contributed by atoms with Crippen molar-refractivity contribution in [2.45, 2.75) is 61.8 Å². The van der Waals surface area contributed by atoms with Crippen molar-refractivity contribution < 1.29 is 99.0 Å². The van der Waals surface area contributed by atoms with E-state index >= 15 is 0 Å². The topological polar surface area (TPSA) is 397 Å². The molecule has 0 rings (SSSR count). The van der Waals surface area contributed by atoms with Gasteiger partial charge in [-0.3, -0.25) is 33.6 Å². The molecule has 3 atom stereocenters. The van der Waals surface area contributed by atoms with Gasteiger partial charge < -0.3 is 61.7 Å². The summed E-state index contributed by atoms with van der Waals surface area (Å²) >= 11 is 0. The average molecular weight is 614 g/mol. The zero-order chi connectivity index (χ0) is 33.6. The van der Waals surface area contributed by atoms with Crippen molar-refractivity contribution in [2.75, 3.05) is 0 Å². The van der Waals surface area contributed by atoms with Gasteiger partial charge in [0, 0.05) is 0 Å². The fourth-order valence-electron chi connectivity index (χ4n) is 2.74. The summed E-state index contributed by atoms with van der Waals surface area (Å²) in [6.45, 7) is 0. The standard InChI is InChI=1S/2C10H13NO10/c12-5(11-4(8(17)18)1-6(13)14)2-10(21,9(19)20)3-7(15)16;12-5(13)1-4(8(18)19)11-9(20)10(21,2-6(14)15)3-7(16)17/h4,21H,1-3H2,(H,11,12)(H,13,14)(H,15,16)(H,17,18)(H,19,20);4,21H,1-3H2,(H,11,20)(H,12,13)(H,14,15)(H,16,17)(H,18,19). The lowest BCUT2D eigenvalue weighted by Gasteiger charge is -2.25. The Hall–Kier alpha value is -5.38. The van der Waals surface area contributed by atoms with Crippen molar-refractivity contribution >= 4 is 59.6 Å². The van der Waals surface area contributed by atoms with Crippen molar-refractivity contribution in [3.63, 3.8) is 0 Å². The maximum Gasteiger partial charge on any atom is 0.336 e. The first-order chi connectivity index (χ1) is 18.9. The van der Waals surface area contributed by atoms with Crippen LogP contribution in [0.5, 0.6) is 0 Å². The number of aliphatic hydroxyl groups is 2. The number of carboxylic acids is 8. The Bertz CT molecular complexity index is 1100. The molecule has 22 heteroatoms. The number of rotatable bonds is 18. The van der Waals surface area contributed by atoms with E-state index in [1.165, 1.54) is 0 Å². The number of hydrogen-bond donors (Lipinski definition) is 12. The van der Waals surface area contributed by atoms with E-state index in [1.54, 1.807) is 10.6 Å². The molecule has 236 valence electrons. The van der Waals surface area contributed by atoms with Crippen LogP contribution in [-0.2, 0) is 47.9 Å². The Morgan fingerprint density at radius 1 is 0.476 bits per heavy atom. The summed E-state index contributed by atoms with van der Waals surface area (Å²) in [5.74, 6) is -16.5. The molecule has 0 bridgehead atoms. The largest absolute Gasteiger partial charge is 0.481 e. The average Bonchev–Trinajstić information content (AvgIpc) is 2.75. The number of carboxylic acid groups (broad SMARTS) is 8. The van der Waals surface area contributed by atoms with Crippen LogP contribution in [0.4, 0.5) is 0 Å². The molecule has 0 aliphatic heterocycles. The first-order valence-corrected chi connectivity index (χ1v) is 10.8. The lowest BCUT2D eigenvalue weighted by Crippen LogP contribution is -2.54. The fraction of sp³-hybridized carbons (Fsp3) is 0.500. The minimum atomic E-state index is -2.93. The molecule has 0 radical (unpaired) electrons. The third-order valence-electron chi connectivity index (χ3n) is 4.60. The Balaban J connectivity index is 0. The van der Waals surface area contributed by atoms with Crippen LogP contribution in [0.1, 0.15) is 38.5 Å². The first-order valence-electron chi connectivity index (χ1n) is 10.8. The second-order valence-electron chi connectivity index (χ2n) is 8.27. The molecular weight excluding hydrogens is 588 g/mol. The predicted octanol–water partition coefficient (Wildman–Crippen LogP) is -4.58. The molecule has 12 N–H and O–H groups in total. The molecule has 0 aromatic rings. The minimum absolute atomic E-state index is 0.967. The third-order valence-corrected chi connectivity index (χ3v) is 4.60. The molecule has 0 aliphatic carbocycles. The fourth-order valence-corrected chi connectivity index (χ4v) is 2.74. The molecule has 0 aromatic carbocycles. The number of amides is 2. The Morgan fingerprint density at radius 2 is 0.810 bits per heavy atom. The summed E-state index contributed by atoms with van der Waals surface area (Å²) in [6, 6.07) is -3.78. The molecule has 0 aliphatic rings. The van der Waals surface area contributed by atoms with E-state index in [4.69, 9.17) is 40.9 Å². The molecule has 0 heterocycles. The van der Waals surface area contributed by atoms with E-state index in [0.717, 1.165) is 0 Å². The first kappa shape index (κ1) is 38.8. The molecule has 0 saturated heterocycles. The van der Waals surface area contributed by atoms with Crippen molar-refractivity contribution in [3.05, 3.63) is 0 Å². The van der Waals surface area contributed by atoms with Gasteiger partial charge in [0.25, 0.3) is 5.91 Å². The molecule has 2 amide bonds. The van der Waals surface area contributed by atoms with E-state index in [1.807, 2.05) is 0 Å². The van der Waals surface area contributed by atoms with Crippen molar-refractivity contribution in [1.29, 1.82) is 0 Å². The monoisotopic (exact) mass is 614 g/mol. The van der Waals surface area contributed by atoms with Crippen LogP contribution in [0.2, 0.25) is 0 Å². The van der Waals surface area contributed by atoms with Gasteiger partial charge in [0.05, 0.1) is 38.5 Å². The zero-order valence-electron chi connectivity index (χ0n) is 21.0. The number of hydrogen-bond acceptors (Lipinski definition) is 12. The predicted molar refractivity (Wildman–Crippen MR) is 123 cm³/mol. The van der Waals surface area contributed by atoms with Crippen LogP contribution < -0.4 is 10.6 Å². The molecule has 42 heavy (non-hydrogen) atoms. The van der Waals surface area contributed by atoms with Crippen molar-refractivity contribution in [1.82, 2.24) is 10.6 Å². The van der Waals surface area contributed by atoms with Gasteiger partial charge in [0.1, 0.15) is 12.1 Å². The van der Waals surface area contributed by atoms with Crippen LogP contribution in [-0.4, -0.2) is 134 Å². The van der Waals surface area contributed by atoms with Gasteiger partial charge in [-0.05, 0) is 0 Å². The van der Waals surface area contributed by atoms with E-state index < -0.39 is 121 Å². The normalized spacial score (nSPS) is 13.4. The number of carbonyl (C=O) groups excluding carboxylic acids is 2. The van der Waals surface area contributed by atoms with Gasteiger partial charge in [-0.15, -0.1) is 0 Å². The van der Waals surface area contributed by atoms with Crippen LogP contribution in [0.25, 0.3) is 0 Å². The van der Waals surface area contributed by atoms with E-state index in [2.05, 4.69) is 0 Å². The second kappa shape index (κ2) is 16.7. The molecule has 22 nitrogen and oxygen atoms in total. The van der Waals surface area contributed by atoms with Crippen molar-refractivity contribution in [3.8, 4) is 0 Å². The van der Waals surface area contributed by atoms with Crippen LogP contribution >= 0.6 is 0 Å².